The summed E-state index contributed by atoms with van der Waals surface area (Å²) in [5, 5.41) is 0. The molecular formula is C57H88O6. The Morgan fingerprint density at radius 1 is 0.333 bits per heavy atom. The molecule has 0 N–H and O–H groups in total. The van der Waals surface area contributed by atoms with E-state index in [1.165, 1.54) is 38.5 Å². The lowest BCUT2D eigenvalue weighted by molar-refractivity contribution is -0.167. The van der Waals surface area contributed by atoms with Crippen LogP contribution in [0.4, 0.5) is 0 Å². The fraction of sp³-hybridized carbons (Fsp3) is 0.561. The van der Waals surface area contributed by atoms with Gasteiger partial charge < -0.3 is 14.2 Å². The number of hydrogen-bond acceptors (Lipinski definition) is 6. The number of unbranched alkanes of at least 4 members (excludes halogenated alkanes) is 13. The standard InChI is InChI=1S/C57H88O6/c1-4-7-10-13-16-19-22-24-26-27-28-29-31-32-35-38-41-44-47-50-56(59)62-53-54(52-61-55(58)49-46-43-40-37-34-21-18-15-12-9-6-3)63-57(60)51-48-45-42-39-36-33-30-25-23-20-17-14-11-8-5-2/h7-12,14,16-21,23-26,30,33,36-37,40,54H,4-6,13,15,22,27-29,31-32,34-35,38-39,41-53H2,1-3H3/b10-7-,11-8-,12-9-,17-14-,19-16-,21-18-,23-20-,26-24-,30-25-,36-33-,40-37-. The van der Waals surface area contributed by atoms with Gasteiger partial charge in [0.05, 0.1) is 0 Å². The third-order valence-electron chi connectivity index (χ3n) is 9.76. The van der Waals surface area contributed by atoms with E-state index in [2.05, 4.69) is 106 Å². The van der Waals surface area contributed by atoms with E-state index in [0.29, 0.717) is 19.3 Å². The summed E-state index contributed by atoms with van der Waals surface area (Å²) < 4.78 is 16.7. The van der Waals surface area contributed by atoms with Crippen LogP contribution in [0.2, 0.25) is 0 Å². The molecule has 0 aliphatic carbocycles. The van der Waals surface area contributed by atoms with Crippen LogP contribution >= 0.6 is 0 Å². The molecule has 0 heterocycles. The van der Waals surface area contributed by atoms with Crippen molar-refractivity contribution in [1.29, 1.82) is 0 Å². The van der Waals surface area contributed by atoms with Crippen molar-refractivity contribution in [2.24, 2.45) is 0 Å². The molecule has 0 aliphatic heterocycles. The first-order valence-corrected chi connectivity index (χ1v) is 24.8. The van der Waals surface area contributed by atoms with Crippen molar-refractivity contribution < 1.29 is 28.6 Å². The van der Waals surface area contributed by atoms with Crippen molar-refractivity contribution >= 4 is 17.9 Å². The molecule has 0 aromatic rings. The Hall–Kier alpha value is -4.45. The van der Waals surface area contributed by atoms with Crippen LogP contribution in [0.5, 0.6) is 0 Å². The van der Waals surface area contributed by atoms with Crippen LogP contribution in [0.1, 0.15) is 188 Å². The fourth-order valence-electron chi connectivity index (χ4n) is 6.15. The summed E-state index contributed by atoms with van der Waals surface area (Å²) in [5.41, 5.74) is 0. The highest BCUT2D eigenvalue weighted by Gasteiger charge is 2.19. The van der Waals surface area contributed by atoms with Crippen LogP contribution in [0, 0.1) is 0 Å². The van der Waals surface area contributed by atoms with Crippen molar-refractivity contribution in [3.63, 3.8) is 0 Å². The number of hydrogen-bond donors (Lipinski definition) is 0. The van der Waals surface area contributed by atoms with E-state index in [0.717, 1.165) is 96.3 Å². The van der Waals surface area contributed by atoms with Gasteiger partial charge in [0.25, 0.3) is 0 Å². The topological polar surface area (TPSA) is 78.9 Å². The number of ether oxygens (including phenoxy) is 3. The number of carbonyl (C=O) groups excluding carboxylic acids is 3. The first kappa shape index (κ1) is 58.6. The molecule has 6 nitrogen and oxygen atoms in total. The molecule has 0 fully saturated rings. The molecule has 0 aromatic heterocycles. The van der Waals surface area contributed by atoms with Gasteiger partial charge in [-0.25, -0.2) is 0 Å². The zero-order valence-electron chi connectivity index (χ0n) is 40.0. The Morgan fingerprint density at radius 3 is 1.16 bits per heavy atom. The summed E-state index contributed by atoms with van der Waals surface area (Å²) in [5.74, 6) is -1.04. The molecule has 0 amide bonds. The van der Waals surface area contributed by atoms with Gasteiger partial charge in [0.2, 0.25) is 0 Å². The normalized spacial score (nSPS) is 13.3. The van der Waals surface area contributed by atoms with Gasteiger partial charge in [-0.15, -0.1) is 0 Å². The average molecular weight is 869 g/mol. The van der Waals surface area contributed by atoms with Gasteiger partial charge in [0.15, 0.2) is 6.10 Å². The lowest BCUT2D eigenvalue weighted by atomic mass is 10.1. The summed E-state index contributed by atoms with van der Waals surface area (Å²) in [6.45, 7) is 6.15. The smallest absolute Gasteiger partial charge is 0.306 e. The zero-order valence-corrected chi connectivity index (χ0v) is 40.0. The first-order chi connectivity index (χ1) is 31.0. The zero-order chi connectivity index (χ0) is 45.8. The molecule has 1 unspecified atom stereocenters. The van der Waals surface area contributed by atoms with E-state index in [4.69, 9.17) is 14.2 Å². The van der Waals surface area contributed by atoms with Crippen molar-refractivity contribution in [2.45, 2.75) is 194 Å². The molecule has 0 saturated carbocycles. The van der Waals surface area contributed by atoms with Gasteiger partial charge in [-0.2, -0.15) is 0 Å². The van der Waals surface area contributed by atoms with Gasteiger partial charge in [-0.3, -0.25) is 14.4 Å². The molecule has 0 spiro atoms. The van der Waals surface area contributed by atoms with Gasteiger partial charge >= 0.3 is 17.9 Å². The molecule has 0 radical (unpaired) electrons. The first-order valence-electron chi connectivity index (χ1n) is 24.8. The fourth-order valence-corrected chi connectivity index (χ4v) is 6.15. The average Bonchev–Trinajstić information content (AvgIpc) is 3.28. The highest BCUT2D eigenvalue weighted by Crippen LogP contribution is 2.13. The minimum atomic E-state index is -0.826. The Morgan fingerprint density at radius 2 is 0.667 bits per heavy atom. The van der Waals surface area contributed by atoms with Crippen LogP contribution < -0.4 is 0 Å². The SMILES string of the molecule is CC\C=C/C=C\C=C/C=C\C=C/CCCCCC(=O)OC(COC(=O)CCC/C=C\C/C=C\C/C=C\CC)COC(=O)CCCCCCCCCCC/C=C\C/C=C\C/C=C\CC. The third kappa shape index (κ3) is 48.4. The van der Waals surface area contributed by atoms with E-state index < -0.39 is 6.10 Å². The second kappa shape index (κ2) is 50.2. The molecule has 0 saturated heterocycles. The Balaban J connectivity index is 4.50. The number of allylic oxidation sites excluding steroid dienone is 22. The Kier molecular flexibility index (Phi) is 46.7. The van der Waals surface area contributed by atoms with Crippen LogP contribution in [-0.4, -0.2) is 37.2 Å². The van der Waals surface area contributed by atoms with Gasteiger partial charge in [-0.05, 0) is 96.3 Å². The van der Waals surface area contributed by atoms with E-state index in [1.807, 2.05) is 48.6 Å². The van der Waals surface area contributed by atoms with Crippen molar-refractivity contribution in [2.75, 3.05) is 13.2 Å². The monoisotopic (exact) mass is 869 g/mol. The summed E-state index contributed by atoms with van der Waals surface area (Å²) in [6.07, 6.45) is 70.2. The highest BCUT2D eigenvalue weighted by atomic mass is 16.6. The highest BCUT2D eigenvalue weighted by molar-refractivity contribution is 5.71. The van der Waals surface area contributed by atoms with E-state index in [9.17, 15) is 14.4 Å². The van der Waals surface area contributed by atoms with Gasteiger partial charge in [-0.1, -0.05) is 206 Å². The predicted octanol–water partition coefficient (Wildman–Crippen LogP) is 16.3. The molecule has 6 heteroatoms. The van der Waals surface area contributed by atoms with E-state index in [1.54, 1.807) is 0 Å². The molecule has 1 atom stereocenters. The van der Waals surface area contributed by atoms with Crippen molar-refractivity contribution in [3.05, 3.63) is 134 Å². The maximum Gasteiger partial charge on any atom is 0.306 e. The summed E-state index contributed by atoms with van der Waals surface area (Å²) in [4.78, 5) is 37.9. The van der Waals surface area contributed by atoms with E-state index >= 15 is 0 Å². The van der Waals surface area contributed by atoms with Gasteiger partial charge in [0, 0.05) is 19.3 Å². The minimum Gasteiger partial charge on any atom is -0.462 e. The second-order valence-corrected chi connectivity index (χ2v) is 15.7. The predicted molar refractivity (Wildman–Crippen MR) is 269 cm³/mol. The second-order valence-electron chi connectivity index (χ2n) is 15.7. The maximum atomic E-state index is 12.8. The molecule has 0 aliphatic rings. The quantitative estimate of drug-likeness (QED) is 0.0200. The minimum absolute atomic E-state index is 0.119. The molecule has 352 valence electrons. The number of rotatable bonds is 42. The third-order valence-corrected chi connectivity index (χ3v) is 9.76. The molecule has 0 aromatic carbocycles. The lowest BCUT2D eigenvalue weighted by Crippen LogP contribution is -2.30. The Bertz CT molecular complexity index is 1420. The molecular weight excluding hydrogens is 781 g/mol. The van der Waals surface area contributed by atoms with E-state index in [-0.39, 0.29) is 44.0 Å². The van der Waals surface area contributed by atoms with Gasteiger partial charge in [0.1, 0.15) is 13.2 Å². The van der Waals surface area contributed by atoms with Crippen LogP contribution in [0.25, 0.3) is 0 Å². The van der Waals surface area contributed by atoms with Crippen LogP contribution in [-0.2, 0) is 28.6 Å². The van der Waals surface area contributed by atoms with Crippen molar-refractivity contribution in [1.82, 2.24) is 0 Å². The summed E-state index contributed by atoms with van der Waals surface area (Å²) in [6, 6.07) is 0. The van der Waals surface area contributed by atoms with Crippen molar-refractivity contribution in [3.8, 4) is 0 Å². The van der Waals surface area contributed by atoms with Crippen LogP contribution in [0.15, 0.2) is 134 Å². The maximum absolute atomic E-state index is 12.8. The lowest BCUT2D eigenvalue weighted by Gasteiger charge is -2.18. The molecule has 0 bridgehead atoms. The molecule has 63 heavy (non-hydrogen) atoms. The number of carbonyl (C=O) groups is 3. The number of esters is 3. The summed E-state index contributed by atoms with van der Waals surface area (Å²) in [7, 11) is 0. The Labute approximate surface area is 385 Å². The largest absolute Gasteiger partial charge is 0.462 e. The summed E-state index contributed by atoms with van der Waals surface area (Å²) >= 11 is 0. The van der Waals surface area contributed by atoms with Crippen LogP contribution in [0.3, 0.4) is 0 Å². The molecule has 0 rings (SSSR count).